The smallest absolute Gasteiger partial charge is 0.0154 e. The van der Waals surface area contributed by atoms with Crippen molar-refractivity contribution in [3.8, 4) is 0 Å². The van der Waals surface area contributed by atoms with Crippen molar-refractivity contribution >= 4 is 0 Å². The molecule has 0 aromatic rings. The highest BCUT2D eigenvalue weighted by molar-refractivity contribution is 5.32. The molecular formula is C21H34N-. The molecule has 3 saturated carbocycles. The molecule has 4 aliphatic carbocycles. The Labute approximate surface area is 137 Å². The van der Waals surface area contributed by atoms with E-state index in [4.69, 9.17) is 5.32 Å². The van der Waals surface area contributed by atoms with Crippen molar-refractivity contribution in [2.24, 2.45) is 40.9 Å². The summed E-state index contributed by atoms with van der Waals surface area (Å²) in [7, 11) is 2.12. The van der Waals surface area contributed by atoms with E-state index in [9.17, 15) is 0 Å². The molecule has 3 fully saturated rings. The van der Waals surface area contributed by atoms with Gasteiger partial charge in [0.25, 0.3) is 0 Å². The van der Waals surface area contributed by atoms with Crippen molar-refractivity contribution in [1.29, 1.82) is 0 Å². The van der Waals surface area contributed by atoms with Crippen molar-refractivity contribution < 1.29 is 0 Å². The monoisotopic (exact) mass is 300 g/mol. The molecule has 4 aliphatic rings. The number of allylic oxidation sites excluding steroid dienone is 1. The first-order valence-electron chi connectivity index (χ1n) is 9.68. The van der Waals surface area contributed by atoms with Gasteiger partial charge < -0.3 is 5.32 Å². The van der Waals surface area contributed by atoms with Crippen LogP contribution >= 0.6 is 0 Å². The molecule has 0 aromatic carbocycles. The van der Waals surface area contributed by atoms with Gasteiger partial charge in [0.1, 0.15) is 0 Å². The Balaban J connectivity index is 1.82. The number of rotatable bonds is 1. The van der Waals surface area contributed by atoms with E-state index < -0.39 is 0 Å². The Bertz CT molecular complexity index is 490. The Morgan fingerprint density at radius 1 is 1.18 bits per heavy atom. The van der Waals surface area contributed by atoms with Crippen LogP contribution in [0.3, 0.4) is 0 Å². The third-order valence-electron chi connectivity index (χ3n) is 8.16. The lowest BCUT2D eigenvalue weighted by atomic mass is 9.43. The summed E-state index contributed by atoms with van der Waals surface area (Å²) in [6.07, 6.45) is 11.0. The Morgan fingerprint density at radius 3 is 2.68 bits per heavy atom. The summed E-state index contributed by atoms with van der Waals surface area (Å²) >= 11 is 0. The Kier molecular flexibility index (Phi) is 3.36. The molecule has 0 N–H and O–H groups in total. The van der Waals surface area contributed by atoms with Gasteiger partial charge in [0, 0.05) is 0 Å². The normalized spacial score (nSPS) is 52.7. The van der Waals surface area contributed by atoms with E-state index in [0.717, 1.165) is 35.5 Å². The van der Waals surface area contributed by atoms with Crippen molar-refractivity contribution in [3.05, 3.63) is 17.0 Å². The van der Waals surface area contributed by atoms with Crippen LogP contribution in [-0.2, 0) is 0 Å². The highest BCUT2D eigenvalue weighted by atomic mass is 15.0. The van der Waals surface area contributed by atoms with Crippen LogP contribution in [0.5, 0.6) is 0 Å². The topological polar surface area (TPSA) is 14.1 Å². The second kappa shape index (κ2) is 4.85. The molecule has 0 bridgehead atoms. The van der Waals surface area contributed by atoms with Crippen LogP contribution in [0.1, 0.15) is 66.2 Å². The van der Waals surface area contributed by atoms with Gasteiger partial charge >= 0.3 is 0 Å². The zero-order chi connectivity index (χ0) is 15.7. The minimum Gasteiger partial charge on any atom is -0.659 e. The highest BCUT2D eigenvalue weighted by Gasteiger charge is 2.56. The fourth-order valence-corrected chi connectivity index (χ4v) is 7.38. The summed E-state index contributed by atoms with van der Waals surface area (Å²) in [6.45, 7) is 10.0. The molecule has 0 radical (unpaired) electrons. The minimum atomic E-state index is 0.269. The second-order valence-corrected chi connectivity index (χ2v) is 9.91. The summed E-state index contributed by atoms with van der Waals surface area (Å²) in [6, 6.07) is 0. The molecule has 0 heterocycles. The third-order valence-corrected chi connectivity index (χ3v) is 8.16. The van der Waals surface area contributed by atoms with Crippen LogP contribution in [0, 0.1) is 40.9 Å². The lowest BCUT2D eigenvalue weighted by Gasteiger charge is -2.70. The summed E-state index contributed by atoms with van der Waals surface area (Å²) in [4.78, 5) is 0. The molecule has 0 saturated heterocycles. The van der Waals surface area contributed by atoms with Crippen LogP contribution in [0.2, 0.25) is 0 Å². The minimum absolute atomic E-state index is 0.269. The van der Waals surface area contributed by atoms with E-state index in [2.05, 4.69) is 40.8 Å². The maximum absolute atomic E-state index is 5.12. The number of nitrogens with zero attached hydrogens (tertiary/aromatic N) is 1. The van der Waals surface area contributed by atoms with Gasteiger partial charge in [0.15, 0.2) is 0 Å². The van der Waals surface area contributed by atoms with E-state index in [1.54, 1.807) is 0 Å². The van der Waals surface area contributed by atoms with E-state index in [1.807, 2.05) is 5.57 Å². The lowest BCUT2D eigenvalue weighted by molar-refractivity contribution is -0.0646. The van der Waals surface area contributed by atoms with E-state index >= 15 is 0 Å². The standard InChI is InChI=1S/C21H34N/c1-13-10-16-12-20(3,4)11-15-8-9-21(22-5)14(2)6-7-17(13)19(21)18(15)16/h8,13-14,16-19H,6-7,9-12H2,1-5H3/q-1/t13-,14-,16-,17?,18-,19-,21-/m0/s1. The average Bonchev–Trinajstić information content (AvgIpc) is 2.45. The fourth-order valence-electron chi connectivity index (χ4n) is 7.38. The maximum Gasteiger partial charge on any atom is -0.0154 e. The van der Waals surface area contributed by atoms with E-state index in [0.29, 0.717) is 5.41 Å². The van der Waals surface area contributed by atoms with Crippen LogP contribution < -0.4 is 0 Å². The Hall–Kier alpha value is -0.300. The molecule has 1 nitrogen and oxygen atoms in total. The summed E-state index contributed by atoms with van der Waals surface area (Å²) in [5.74, 6) is 5.27. The molecule has 1 heteroatoms. The predicted molar refractivity (Wildman–Crippen MR) is 93.9 cm³/mol. The number of hydrogen-bond acceptors (Lipinski definition) is 0. The zero-order valence-electron chi connectivity index (χ0n) is 15.2. The molecule has 124 valence electrons. The largest absolute Gasteiger partial charge is 0.659 e. The number of hydrogen-bond donors (Lipinski definition) is 0. The quantitative estimate of drug-likeness (QED) is 0.542. The first kappa shape index (κ1) is 15.2. The molecule has 0 spiro atoms. The van der Waals surface area contributed by atoms with Gasteiger partial charge in [-0.15, -0.1) is 5.54 Å². The fraction of sp³-hybridized carbons (Fsp3) is 0.905. The molecule has 4 rings (SSSR count). The van der Waals surface area contributed by atoms with E-state index in [-0.39, 0.29) is 5.54 Å². The Morgan fingerprint density at radius 2 is 1.95 bits per heavy atom. The summed E-state index contributed by atoms with van der Waals surface area (Å²) in [5, 5.41) is 5.12. The van der Waals surface area contributed by atoms with Gasteiger partial charge in [0.05, 0.1) is 0 Å². The van der Waals surface area contributed by atoms with Gasteiger partial charge in [-0.1, -0.05) is 51.7 Å². The first-order valence-corrected chi connectivity index (χ1v) is 9.68. The van der Waals surface area contributed by atoms with Crippen LogP contribution in [0.4, 0.5) is 0 Å². The van der Waals surface area contributed by atoms with Crippen LogP contribution in [-0.4, -0.2) is 12.6 Å². The molecule has 1 unspecified atom stereocenters. The van der Waals surface area contributed by atoms with Gasteiger partial charge in [-0.25, -0.2) is 0 Å². The first-order chi connectivity index (χ1) is 10.4. The van der Waals surface area contributed by atoms with Gasteiger partial charge in [0.2, 0.25) is 0 Å². The zero-order valence-corrected chi connectivity index (χ0v) is 15.2. The van der Waals surface area contributed by atoms with Crippen LogP contribution in [0.15, 0.2) is 11.6 Å². The van der Waals surface area contributed by atoms with E-state index in [1.165, 1.54) is 38.5 Å². The molecule has 0 aromatic heterocycles. The average molecular weight is 301 g/mol. The van der Waals surface area contributed by atoms with Gasteiger partial charge in [-0.3, -0.25) is 0 Å². The van der Waals surface area contributed by atoms with Crippen molar-refractivity contribution in [3.63, 3.8) is 0 Å². The van der Waals surface area contributed by atoms with Crippen LogP contribution in [0.25, 0.3) is 5.32 Å². The molecule has 22 heavy (non-hydrogen) atoms. The summed E-state index contributed by atoms with van der Waals surface area (Å²) < 4.78 is 0. The second-order valence-electron chi connectivity index (χ2n) is 9.91. The van der Waals surface area contributed by atoms with Gasteiger partial charge in [-0.2, -0.15) is 7.05 Å². The maximum atomic E-state index is 5.12. The molecule has 7 atom stereocenters. The highest BCUT2D eigenvalue weighted by Crippen LogP contribution is 2.65. The summed E-state index contributed by atoms with van der Waals surface area (Å²) in [5.41, 5.74) is 2.62. The molecule has 0 aliphatic heterocycles. The van der Waals surface area contributed by atoms with Crippen molar-refractivity contribution in [1.82, 2.24) is 0 Å². The predicted octanol–water partition coefficient (Wildman–Crippen LogP) is 5.81. The molecular weight excluding hydrogens is 266 g/mol. The SMILES string of the molecule is C[N-][C@@]12CC=C3CC(C)(C)C[C@@H]4C[C@H](C)C(CC[C@@H]1C)[C@H]2[C@@H]34. The lowest BCUT2D eigenvalue weighted by Crippen LogP contribution is -2.60. The van der Waals surface area contributed by atoms with Crippen molar-refractivity contribution in [2.45, 2.75) is 71.8 Å². The van der Waals surface area contributed by atoms with Gasteiger partial charge in [-0.05, 0) is 67.1 Å². The van der Waals surface area contributed by atoms with Crippen molar-refractivity contribution in [2.75, 3.05) is 7.05 Å². The molecule has 0 amide bonds. The third kappa shape index (κ3) is 1.93.